The van der Waals surface area contributed by atoms with Crippen molar-refractivity contribution in [3.05, 3.63) is 48.5 Å². The molecular formula is C18H19N3O3S2. The van der Waals surface area contributed by atoms with Crippen molar-refractivity contribution in [1.82, 2.24) is 5.32 Å². The number of ether oxygens (including phenoxy) is 1. The Bertz CT molecular complexity index is 798. The highest BCUT2D eigenvalue weighted by molar-refractivity contribution is 7.99. The summed E-state index contributed by atoms with van der Waals surface area (Å²) in [4.78, 5) is 25.1. The average molecular weight is 390 g/mol. The second-order valence-electron chi connectivity index (χ2n) is 5.09. The van der Waals surface area contributed by atoms with E-state index in [9.17, 15) is 9.59 Å². The molecule has 26 heavy (non-hydrogen) atoms. The van der Waals surface area contributed by atoms with Crippen molar-refractivity contribution in [2.24, 2.45) is 0 Å². The first-order chi connectivity index (χ1) is 12.5. The molecule has 0 saturated carbocycles. The molecule has 2 aromatic rings. The van der Waals surface area contributed by atoms with Gasteiger partial charge in [0.1, 0.15) is 0 Å². The predicted molar refractivity (Wildman–Crippen MR) is 108 cm³/mol. The molecule has 6 nitrogen and oxygen atoms in total. The third-order valence-electron chi connectivity index (χ3n) is 3.21. The van der Waals surface area contributed by atoms with Crippen molar-refractivity contribution in [2.45, 2.75) is 23.1 Å². The van der Waals surface area contributed by atoms with Crippen molar-refractivity contribution in [2.75, 3.05) is 17.7 Å². The Labute approximate surface area is 161 Å². The summed E-state index contributed by atoms with van der Waals surface area (Å²) in [6.07, 6.45) is -0.321. The molecule has 2 aromatic carbocycles. The standard InChI is InChI=1S/C18H19N3O3S2/c1-3-16(22)19-15-11-13(26-12-7-5-4-6-8-12)9-10-14(15)20-17(25)21-18(23)24-2/h4-11H,3H2,1-2H3,(H,19,22)(H2,20,21,23,25). The van der Waals surface area contributed by atoms with E-state index in [2.05, 4.69) is 20.7 Å². The van der Waals surface area contributed by atoms with Crippen LogP contribution in [0.2, 0.25) is 0 Å². The van der Waals surface area contributed by atoms with Crippen LogP contribution in [0.5, 0.6) is 0 Å². The van der Waals surface area contributed by atoms with E-state index in [0.717, 1.165) is 9.79 Å². The number of rotatable bonds is 5. The van der Waals surface area contributed by atoms with Gasteiger partial charge in [-0.05, 0) is 42.5 Å². The van der Waals surface area contributed by atoms with Gasteiger partial charge in [0.05, 0.1) is 18.5 Å². The summed E-state index contributed by atoms with van der Waals surface area (Å²) in [5.74, 6) is -0.123. The van der Waals surface area contributed by atoms with Crippen LogP contribution in [0.4, 0.5) is 16.2 Å². The lowest BCUT2D eigenvalue weighted by atomic mass is 10.2. The van der Waals surface area contributed by atoms with Gasteiger partial charge in [-0.25, -0.2) is 4.79 Å². The number of benzene rings is 2. The normalized spacial score (nSPS) is 9.92. The highest BCUT2D eigenvalue weighted by atomic mass is 32.2. The van der Waals surface area contributed by atoms with E-state index in [-0.39, 0.29) is 11.0 Å². The fourth-order valence-electron chi connectivity index (χ4n) is 1.96. The monoisotopic (exact) mass is 389 g/mol. The van der Waals surface area contributed by atoms with Crippen LogP contribution in [0.25, 0.3) is 0 Å². The van der Waals surface area contributed by atoms with Gasteiger partial charge in [-0.2, -0.15) is 0 Å². The van der Waals surface area contributed by atoms with Crippen molar-refractivity contribution in [3.8, 4) is 0 Å². The fraction of sp³-hybridized carbons (Fsp3) is 0.167. The molecule has 136 valence electrons. The molecule has 0 radical (unpaired) electrons. The van der Waals surface area contributed by atoms with Crippen LogP contribution in [-0.2, 0) is 9.53 Å². The second kappa shape index (κ2) is 9.79. The van der Waals surface area contributed by atoms with Crippen LogP contribution in [0, 0.1) is 0 Å². The van der Waals surface area contributed by atoms with Crippen molar-refractivity contribution >= 4 is 52.5 Å². The quantitative estimate of drug-likeness (QED) is 0.664. The molecule has 0 aliphatic carbocycles. The highest BCUT2D eigenvalue weighted by Gasteiger charge is 2.11. The summed E-state index contributed by atoms with van der Waals surface area (Å²) < 4.78 is 4.51. The maximum absolute atomic E-state index is 11.8. The van der Waals surface area contributed by atoms with Crippen LogP contribution in [0.15, 0.2) is 58.3 Å². The molecule has 0 saturated heterocycles. The molecule has 0 unspecified atom stereocenters. The first-order valence-corrected chi connectivity index (χ1v) is 9.07. The topological polar surface area (TPSA) is 79.5 Å². The number of anilines is 2. The van der Waals surface area contributed by atoms with Gasteiger partial charge >= 0.3 is 6.09 Å². The number of alkyl carbamates (subject to hydrolysis) is 1. The number of methoxy groups -OCH3 is 1. The van der Waals surface area contributed by atoms with Crippen LogP contribution < -0.4 is 16.0 Å². The lowest BCUT2D eigenvalue weighted by Gasteiger charge is -2.15. The van der Waals surface area contributed by atoms with Crippen molar-refractivity contribution in [3.63, 3.8) is 0 Å². The predicted octanol–water partition coefficient (Wildman–Crippen LogP) is 4.24. The molecule has 0 aliphatic rings. The molecule has 0 aliphatic heterocycles. The van der Waals surface area contributed by atoms with Gasteiger partial charge < -0.3 is 15.4 Å². The Kier molecular flexibility index (Phi) is 7.43. The Hall–Kier alpha value is -2.58. The number of carbonyl (C=O) groups excluding carboxylic acids is 2. The average Bonchev–Trinajstić information content (AvgIpc) is 2.64. The minimum absolute atomic E-state index is 0.0762. The molecule has 0 atom stereocenters. The molecule has 0 aromatic heterocycles. The van der Waals surface area contributed by atoms with Crippen molar-refractivity contribution < 1.29 is 14.3 Å². The minimum atomic E-state index is -0.669. The molecular weight excluding hydrogens is 370 g/mol. The Morgan fingerprint density at radius 1 is 1.04 bits per heavy atom. The third-order valence-corrected chi connectivity index (χ3v) is 4.42. The Balaban J connectivity index is 2.21. The summed E-state index contributed by atoms with van der Waals surface area (Å²) in [6, 6.07) is 15.5. The smallest absolute Gasteiger partial charge is 0.413 e. The van der Waals surface area contributed by atoms with Crippen LogP contribution in [0.3, 0.4) is 0 Å². The summed E-state index contributed by atoms with van der Waals surface area (Å²) >= 11 is 6.65. The first kappa shape index (κ1) is 19.7. The van der Waals surface area contributed by atoms with E-state index in [1.807, 2.05) is 42.5 Å². The lowest BCUT2D eigenvalue weighted by molar-refractivity contribution is -0.115. The summed E-state index contributed by atoms with van der Waals surface area (Å²) in [5, 5.41) is 8.18. The number of hydrogen-bond donors (Lipinski definition) is 3. The zero-order valence-electron chi connectivity index (χ0n) is 14.4. The Morgan fingerprint density at radius 2 is 1.77 bits per heavy atom. The summed E-state index contributed by atoms with van der Waals surface area (Å²) in [7, 11) is 1.25. The van der Waals surface area contributed by atoms with E-state index in [4.69, 9.17) is 12.2 Å². The molecule has 2 rings (SSSR count). The second-order valence-corrected chi connectivity index (χ2v) is 6.65. The molecule has 2 amide bonds. The van der Waals surface area contributed by atoms with Crippen LogP contribution in [0.1, 0.15) is 13.3 Å². The van der Waals surface area contributed by atoms with Crippen LogP contribution >= 0.6 is 24.0 Å². The fourth-order valence-corrected chi connectivity index (χ4v) is 3.03. The van der Waals surface area contributed by atoms with E-state index < -0.39 is 6.09 Å². The number of thiocarbonyl (C=S) groups is 1. The lowest BCUT2D eigenvalue weighted by Crippen LogP contribution is -2.34. The molecule has 3 N–H and O–H groups in total. The van der Waals surface area contributed by atoms with Gasteiger partial charge in [0.25, 0.3) is 0 Å². The number of nitrogens with one attached hydrogen (secondary N) is 3. The van der Waals surface area contributed by atoms with Gasteiger partial charge in [0.2, 0.25) is 5.91 Å². The van der Waals surface area contributed by atoms with Crippen molar-refractivity contribution in [1.29, 1.82) is 0 Å². The van der Waals surface area contributed by atoms with Crippen LogP contribution in [-0.4, -0.2) is 24.2 Å². The maximum atomic E-state index is 11.8. The van der Waals surface area contributed by atoms with Gasteiger partial charge in [0, 0.05) is 16.2 Å². The molecule has 0 fully saturated rings. The van der Waals surface area contributed by atoms with Gasteiger partial charge in [-0.15, -0.1) is 0 Å². The summed E-state index contributed by atoms with van der Waals surface area (Å²) in [6.45, 7) is 1.77. The van der Waals surface area contributed by atoms with Gasteiger partial charge in [-0.1, -0.05) is 36.9 Å². The summed E-state index contributed by atoms with van der Waals surface area (Å²) in [5.41, 5.74) is 1.15. The third kappa shape index (κ3) is 6.05. The molecule has 0 spiro atoms. The van der Waals surface area contributed by atoms with E-state index >= 15 is 0 Å². The number of hydrogen-bond acceptors (Lipinski definition) is 5. The molecule has 8 heteroatoms. The van der Waals surface area contributed by atoms with E-state index in [1.54, 1.807) is 24.8 Å². The van der Waals surface area contributed by atoms with E-state index in [1.165, 1.54) is 7.11 Å². The SMILES string of the molecule is CCC(=O)Nc1cc(Sc2ccccc2)ccc1NC(=S)NC(=O)OC. The van der Waals surface area contributed by atoms with Gasteiger partial charge in [0.15, 0.2) is 5.11 Å². The first-order valence-electron chi connectivity index (χ1n) is 7.84. The Morgan fingerprint density at radius 3 is 2.42 bits per heavy atom. The zero-order valence-corrected chi connectivity index (χ0v) is 16.0. The maximum Gasteiger partial charge on any atom is 0.413 e. The van der Waals surface area contributed by atoms with Gasteiger partial charge in [-0.3, -0.25) is 10.1 Å². The molecule has 0 heterocycles. The molecule has 0 bridgehead atoms. The number of amides is 2. The number of carbonyl (C=O) groups is 2. The highest BCUT2D eigenvalue weighted by Crippen LogP contribution is 2.33. The largest absolute Gasteiger partial charge is 0.453 e. The zero-order chi connectivity index (χ0) is 18.9. The minimum Gasteiger partial charge on any atom is -0.453 e. The van der Waals surface area contributed by atoms with E-state index in [0.29, 0.717) is 17.8 Å².